The number of benzene rings is 3. The summed E-state index contributed by atoms with van der Waals surface area (Å²) in [6.07, 6.45) is 0. The van der Waals surface area contributed by atoms with Crippen LogP contribution in [0, 0.1) is 0 Å². The van der Waals surface area contributed by atoms with Gasteiger partial charge >= 0.3 is 0 Å². The highest BCUT2D eigenvalue weighted by molar-refractivity contribution is 5.84. The summed E-state index contributed by atoms with van der Waals surface area (Å²) in [4.78, 5) is 16.7. The molecule has 0 bridgehead atoms. The molecule has 0 saturated carbocycles. The van der Waals surface area contributed by atoms with Gasteiger partial charge in [-0.25, -0.2) is 0 Å². The van der Waals surface area contributed by atoms with Gasteiger partial charge in [-0.1, -0.05) is 30.3 Å². The Balaban J connectivity index is 1.29. The van der Waals surface area contributed by atoms with Crippen LogP contribution >= 0.6 is 0 Å². The van der Waals surface area contributed by atoms with Crippen LogP contribution in [0.3, 0.4) is 0 Å². The smallest absolute Gasteiger partial charge is 0.260 e. The van der Waals surface area contributed by atoms with Crippen LogP contribution in [0.4, 0.5) is 0 Å². The Morgan fingerprint density at radius 2 is 1.56 bits per heavy atom. The van der Waals surface area contributed by atoms with Gasteiger partial charge < -0.3 is 24.2 Å². The van der Waals surface area contributed by atoms with E-state index >= 15 is 0 Å². The second-order valence-corrected chi connectivity index (χ2v) is 7.80. The van der Waals surface area contributed by atoms with E-state index in [0.717, 1.165) is 29.4 Å². The molecule has 4 rings (SSSR count). The van der Waals surface area contributed by atoms with Crippen LogP contribution in [-0.2, 0) is 11.3 Å². The van der Waals surface area contributed by atoms with Crippen LogP contribution in [0.5, 0.6) is 23.0 Å². The quantitative estimate of drug-likeness (QED) is 0.613. The fourth-order valence-electron chi connectivity index (χ4n) is 3.95. The summed E-state index contributed by atoms with van der Waals surface area (Å²) in [5.41, 5.74) is 0.982. The lowest BCUT2D eigenvalue weighted by molar-refractivity contribution is -0.135. The van der Waals surface area contributed by atoms with E-state index in [1.54, 1.807) is 0 Å². The summed E-state index contributed by atoms with van der Waals surface area (Å²) in [5.74, 6) is 1.47. The van der Waals surface area contributed by atoms with Crippen LogP contribution in [0.2, 0.25) is 0 Å². The maximum Gasteiger partial charge on any atom is 0.260 e. The van der Waals surface area contributed by atoms with Crippen LogP contribution in [0.15, 0.2) is 54.6 Å². The molecule has 1 aliphatic rings. The van der Waals surface area contributed by atoms with Gasteiger partial charge in [0.15, 0.2) is 18.1 Å². The minimum Gasteiger partial charge on any atom is -0.502 e. The Morgan fingerprint density at radius 1 is 0.906 bits per heavy atom. The molecule has 7 nitrogen and oxygen atoms in total. The van der Waals surface area contributed by atoms with Gasteiger partial charge in [0.2, 0.25) is 5.75 Å². The largest absolute Gasteiger partial charge is 0.502 e. The van der Waals surface area contributed by atoms with Crippen LogP contribution in [0.1, 0.15) is 5.56 Å². The zero-order valence-corrected chi connectivity index (χ0v) is 18.4. The predicted molar refractivity (Wildman–Crippen MR) is 123 cm³/mol. The third-order valence-electron chi connectivity index (χ3n) is 5.75. The number of aromatic hydroxyl groups is 1. The third kappa shape index (κ3) is 4.89. The van der Waals surface area contributed by atoms with Crippen LogP contribution in [0.25, 0.3) is 10.8 Å². The Morgan fingerprint density at radius 3 is 2.22 bits per heavy atom. The van der Waals surface area contributed by atoms with E-state index in [1.165, 1.54) is 14.2 Å². The van der Waals surface area contributed by atoms with Gasteiger partial charge in [-0.15, -0.1) is 0 Å². The van der Waals surface area contributed by atoms with E-state index in [9.17, 15) is 9.90 Å². The van der Waals surface area contributed by atoms with Gasteiger partial charge in [-0.2, -0.15) is 0 Å². The predicted octanol–water partition coefficient (Wildman–Crippen LogP) is 3.29. The van der Waals surface area contributed by atoms with E-state index in [4.69, 9.17) is 14.2 Å². The monoisotopic (exact) mass is 436 g/mol. The summed E-state index contributed by atoms with van der Waals surface area (Å²) in [6.45, 7) is 3.52. The molecule has 1 aliphatic heterocycles. The fraction of sp³-hybridized carbons (Fsp3) is 0.320. The number of nitrogens with zero attached hydrogens (tertiary/aromatic N) is 2. The molecule has 1 fully saturated rings. The zero-order valence-electron chi connectivity index (χ0n) is 18.4. The molecule has 32 heavy (non-hydrogen) atoms. The summed E-state index contributed by atoms with van der Waals surface area (Å²) in [6, 6.07) is 17.5. The van der Waals surface area contributed by atoms with Crippen molar-refractivity contribution in [1.82, 2.24) is 9.80 Å². The number of hydrogen-bond donors (Lipinski definition) is 1. The van der Waals surface area contributed by atoms with Crippen molar-refractivity contribution in [3.05, 3.63) is 60.2 Å². The highest BCUT2D eigenvalue weighted by Crippen LogP contribution is 2.37. The Labute approximate surface area is 187 Å². The zero-order chi connectivity index (χ0) is 22.5. The first kappa shape index (κ1) is 21.8. The number of fused-ring (bicyclic) bond motifs is 1. The number of phenols is 1. The first-order valence-corrected chi connectivity index (χ1v) is 10.6. The minimum atomic E-state index is -0.00854. The Bertz CT molecular complexity index is 1070. The van der Waals surface area contributed by atoms with Crippen molar-refractivity contribution in [3.8, 4) is 23.0 Å². The first-order chi connectivity index (χ1) is 15.6. The maximum absolute atomic E-state index is 12.6. The highest BCUT2D eigenvalue weighted by Gasteiger charge is 2.22. The summed E-state index contributed by atoms with van der Waals surface area (Å²) >= 11 is 0. The van der Waals surface area contributed by atoms with Crippen LogP contribution < -0.4 is 14.2 Å². The van der Waals surface area contributed by atoms with E-state index in [1.807, 2.05) is 59.5 Å². The molecule has 0 unspecified atom stereocenters. The van der Waals surface area contributed by atoms with Crippen molar-refractivity contribution in [2.75, 3.05) is 47.0 Å². The number of phenolic OH excluding ortho intramolecular Hbond substituents is 1. The average molecular weight is 437 g/mol. The number of carbonyl (C=O) groups is 1. The van der Waals surface area contributed by atoms with Crippen molar-refractivity contribution in [2.24, 2.45) is 0 Å². The van der Waals surface area contributed by atoms with Crippen molar-refractivity contribution >= 4 is 16.7 Å². The number of carbonyl (C=O) groups excluding carboxylic acids is 1. The second-order valence-electron chi connectivity index (χ2n) is 7.80. The lowest BCUT2D eigenvalue weighted by Gasteiger charge is -2.34. The van der Waals surface area contributed by atoms with Crippen LogP contribution in [-0.4, -0.2) is 67.8 Å². The van der Waals surface area contributed by atoms with E-state index in [-0.39, 0.29) is 18.3 Å². The van der Waals surface area contributed by atoms with Crippen molar-refractivity contribution in [3.63, 3.8) is 0 Å². The average Bonchev–Trinajstić information content (AvgIpc) is 2.83. The molecule has 1 amide bonds. The van der Waals surface area contributed by atoms with Gasteiger partial charge in [0.1, 0.15) is 5.75 Å². The fourth-order valence-corrected chi connectivity index (χ4v) is 3.95. The van der Waals surface area contributed by atoms with Crippen molar-refractivity contribution in [1.29, 1.82) is 0 Å². The Hall–Kier alpha value is -3.45. The third-order valence-corrected chi connectivity index (χ3v) is 5.75. The topological polar surface area (TPSA) is 71.5 Å². The molecule has 168 valence electrons. The first-order valence-electron chi connectivity index (χ1n) is 10.6. The molecule has 0 aliphatic carbocycles. The molecule has 0 radical (unpaired) electrons. The summed E-state index contributed by atoms with van der Waals surface area (Å²) in [7, 11) is 3.03. The van der Waals surface area contributed by atoms with E-state index in [0.29, 0.717) is 36.9 Å². The van der Waals surface area contributed by atoms with Gasteiger partial charge in [-0.3, -0.25) is 9.69 Å². The lowest BCUT2D eigenvalue weighted by atomic mass is 10.1. The molecular weight excluding hydrogens is 408 g/mol. The number of methoxy groups -OCH3 is 2. The van der Waals surface area contributed by atoms with E-state index in [2.05, 4.69) is 4.90 Å². The van der Waals surface area contributed by atoms with Gasteiger partial charge in [0, 0.05) is 32.7 Å². The Kier molecular flexibility index (Phi) is 6.66. The standard InChI is InChI=1S/C25H28N2O5/c1-30-22-13-18(14-23(31-2)25(22)29)16-26-9-11-27(12-10-26)24(28)17-32-21-8-7-19-5-3-4-6-20(19)15-21/h3-8,13-15,29H,9-12,16-17H2,1-2H3. The molecule has 0 aromatic heterocycles. The minimum absolute atomic E-state index is 0.000537. The lowest BCUT2D eigenvalue weighted by Crippen LogP contribution is -2.49. The molecule has 1 heterocycles. The van der Waals surface area contributed by atoms with E-state index < -0.39 is 0 Å². The van der Waals surface area contributed by atoms with Gasteiger partial charge in [0.05, 0.1) is 14.2 Å². The normalized spacial score (nSPS) is 14.4. The highest BCUT2D eigenvalue weighted by atomic mass is 16.5. The van der Waals surface area contributed by atoms with Gasteiger partial charge in [0.25, 0.3) is 5.91 Å². The van der Waals surface area contributed by atoms with Crippen molar-refractivity contribution in [2.45, 2.75) is 6.54 Å². The molecule has 1 saturated heterocycles. The number of rotatable bonds is 7. The molecule has 0 spiro atoms. The molecule has 7 heteroatoms. The summed E-state index contributed by atoms with van der Waals surface area (Å²) < 4.78 is 16.2. The SMILES string of the molecule is COc1cc(CN2CCN(C(=O)COc3ccc4ccccc4c3)CC2)cc(OC)c1O. The number of hydrogen-bond acceptors (Lipinski definition) is 6. The van der Waals surface area contributed by atoms with Crippen molar-refractivity contribution < 1.29 is 24.1 Å². The summed E-state index contributed by atoms with van der Waals surface area (Å²) in [5, 5.41) is 12.3. The molecule has 3 aromatic rings. The molecular formula is C25H28N2O5. The second kappa shape index (κ2) is 9.78. The maximum atomic E-state index is 12.6. The number of amides is 1. The number of piperazine rings is 1. The van der Waals surface area contributed by atoms with Gasteiger partial charge in [-0.05, 0) is 40.6 Å². The molecule has 1 N–H and O–H groups in total. The number of ether oxygens (including phenoxy) is 3. The molecule has 0 atom stereocenters. The molecule has 3 aromatic carbocycles.